The van der Waals surface area contributed by atoms with Crippen molar-refractivity contribution in [2.45, 2.75) is 33.1 Å². The maximum Gasteiger partial charge on any atom is 0.353 e. The quantitative estimate of drug-likeness (QED) is 0.671. The summed E-state index contributed by atoms with van der Waals surface area (Å²) in [7, 11) is 0. The number of aromatic nitrogens is 2. The average Bonchev–Trinajstić information content (AvgIpc) is 2.98. The number of hydrogen-bond donors (Lipinski definition) is 1. The number of rotatable bonds is 3. The zero-order valence-electron chi connectivity index (χ0n) is 13.7. The Kier molecular flexibility index (Phi) is 4.23. The summed E-state index contributed by atoms with van der Waals surface area (Å²) in [6, 6.07) is 0. The second-order valence-corrected chi connectivity index (χ2v) is 6.88. The first-order chi connectivity index (χ1) is 11.0. The maximum absolute atomic E-state index is 11.4. The van der Waals surface area contributed by atoms with Gasteiger partial charge in [-0.2, -0.15) is 9.97 Å². The first-order valence-corrected chi connectivity index (χ1v) is 8.27. The van der Waals surface area contributed by atoms with E-state index in [0.29, 0.717) is 23.6 Å². The van der Waals surface area contributed by atoms with Crippen LogP contribution in [0.3, 0.4) is 0 Å². The third-order valence-corrected chi connectivity index (χ3v) is 4.62. The van der Waals surface area contributed by atoms with Crippen LogP contribution in [0.2, 0.25) is 0 Å². The summed E-state index contributed by atoms with van der Waals surface area (Å²) in [5.41, 5.74) is 5.76. The van der Waals surface area contributed by atoms with Crippen LogP contribution in [0.5, 0.6) is 0 Å². The molecule has 3 heterocycles. The van der Waals surface area contributed by atoms with Crippen molar-refractivity contribution in [3.05, 3.63) is 10.1 Å². The Labute approximate surface area is 135 Å². The van der Waals surface area contributed by atoms with Gasteiger partial charge in [-0.05, 0) is 31.1 Å². The molecule has 0 aromatic carbocycles. The molecule has 126 valence electrons. The highest BCUT2D eigenvalue weighted by molar-refractivity contribution is 5.71. The molecule has 0 spiro atoms. The molecule has 2 aliphatic rings. The number of hydrogen-bond acceptors (Lipinski definition) is 7. The third-order valence-electron chi connectivity index (χ3n) is 4.62. The Morgan fingerprint density at radius 1 is 1.13 bits per heavy atom. The summed E-state index contributed by atoms with van der Waals surface area (Å²) < 4.78 is 0. The van der Waals surface area contributed by atoms with Crippen molar-refractivity contribution >= 4 is 23.3 Å². The van der Waals surface area contributed by atoms with Gasteiger partial charge in [0.2, 0.25) is 17.6 Å². The van der Waals surface area contributed by atoms with Crippen LogP contribution in [0.1, 0.15) is 33.1 Å². The van der Waals surface area contributed by atoms with Crippen molar-refractivity contribution < 1.29 is 4.92 Å². The van der Waals surface area contributed by atoms with E-state index in [4.69, 9.17) is 5.73 Å². The van der Waals surface area contributed by atoms with Gasteiger partial charge < -0.3 is 15.5 Å². The predicted molar refractivity (Wildman–Crippen MR) is 89.7 cm³/mol. The Balaban J connectivity index is 2.00. The number of nitrogen functional groups attached to an aromatic ring is 1. The lowest BCUT2D eigenvalue weighted by atomic mass is 9.92. The summed E-state index contributed by atoms with van der Waals surface area (Å²) in [6.45, 7) is 7.70. The second kappa shape index (κ2) is 6.17. The van der Waals surface area contributed by atoms with E-state index in [9.17, 15) is 10.1 Å². The summed E-state index contributed by atoms with van der Waals surface area (Å²) in [4.78, 5) is 23.8. The summed E-state index contributed by atoms with van der Waals surface area (Å²) >= 11 is 0. The van der Waals surface area contributed by atoms with Crippen LogP contribution in [0.25, 0.3) is 0 Å². The fourth-order valence-corrected chi connectivity index (χ4v) is 3.74. The smallest absolute Gasteiger partial charge is 0.353 e. The van der Waals surface area contributed by atoms with Gasteiger partial charge in [0.1, 0.15) is 0 Å². The van der Waals surface area contributed by atoms with E-state index in [2.05, 4.69) is 28.7 Å². The number of nitrogens with two attached hydrogens (primary N) is 1. The lowest BCUT2D eigenvalue weighted by Gasteiger charge is -2.35. The van der Waals surface area contributed by atoms with Crippen LogP contribution in [0.4, 0.5) is 23.3 Å². The van der Waals surface area contributed by atoms with Crippen molar-refractivity contribution in [1.82, 2.24) is 9.97 Å². The molecule has 2 atom stereocenters. The van der Waals surface area contributed by atoms with E-state index in [0.717, 1.165) is 39.0 Å². The third kappa shape index (κ3) is 3.16. The molecule has 0 unspecified atom stereocenters. The zero-order valence-corrected chi connectivity index (χ0v) is 13.7. The van der Waals surface area contributed by atoms with Crippen molar-refractivity contribution in [1.29, 1.82) is 0 Å². The first kappa shape index (κ1) is 15.8. The second-order valence-electron chi connectivity index (χ2n) is 6.88. The van der Waals surface area contributed by atoms with Gasteiger partial charge in [0.15, 0.2) is 0 Å². The van der Waals surface area contributed by atoms with Gasteiger partial charge in [0.25, 0.3) is 0 Å². The molecular weight excluding hydrogens is 296 g/mol. The molecule has 8 heteroatoms. The molecule has 0 radical (unpaired) electrons. The topological polar surface area (TPSA) is 101 Å². The molecule has 2 fully saturated rings. The largest absolute Gasteiger partial charge is 0.378 e. The minimum Gasteiger partial charge on any atom is -0.378 e. The molecule has 0 amide bonds. The highest BCUT2D eigenvalue weighted by atomic mass is 16.6. The van der Waals surface area contributed by atoms with Crippen LogP contribution >= 0.6 is 0 Å². The molecule has 2 N–H and O–H groups in total. The van der Waals surface area contributed by atoms with E-state index in [1.54, 1.807) is 0 Å². The molecule has 2 aliphatic heterocycles. The minimum atomic E-state index is -0.464. The monoisotopic (exact) mass is 320 g/mol. The average molecular weight is 320 g/mol. The van der Waals surface area contributed by atoms with E-state index in [1.807, 2.05) is 4.90 Å². The minimum absolute atomic E-state index is 0.0345. The van der Waals surface area contributed by atoms with E-state index < -0.39 is 4.92 Å². The normalized spacial score (nSPS) is 25.0. The summed E-state index contributed by atoms with van der Waals surface area (Å²) in [5.74, 6) is 1.96. The first-order valence-electron chi connectivity index (χ1n) is 8.27. The fourth-order valence-electron chi connectivity index (χ4n) is 3.74. The van der Waals surface area contributed by atoms with Gasteiger partial charge in [-0.15, -0.1) is 0 Å². The molecule has 2 saturated heterocycles. The lowest BCUT2D eigenvalue weighted by Crippen LogP contribution is -2.40. The highest BCUT2D eigenvalue weighted by Crippen LogP contribution is 2.35. The molecule has 1 aromatic heterocycles. The van der Waals surface area contributed by atoms with E-state index in [1.165, 1.54) is 6.42 Å². The maximum atomic E-state index is 11.4. The van der Waals surface area contributed by atoms with Gasteiger partial charge in [-0.1, -0.05) is 13.8 Å². The lowest BCUT2D eigenvalue weighted by molar-refractivity contribution is -0.383. The van der Waals surface area contributed by atoms with Crippen molar-refractivity contribution in [2.24, 2.45) is 11.8 Å². The van der Waals surface area contributed by atoms with Crippen LogP contribution < -0.4 is 15.5 Å². The van der Waals surface area contributed by atoms with Crippen LogP contribution in [-0.2, 0) is 0 Å². The van der Waals surface area contributed by atoms with Gasteiger partial charge >= 0.3 is 5.69 Å². The van der Waals surface area contributed by atoms with Crippen LogP contribution in [-0.4, -0.2) is 41.1 Å². The molecule has 0 aliphatic carbocycles. The van der Waals surface area contributed by atoms with Gasteiger partial charge in [0, 0.05) is 26.2 Å². The zero-order chi connectivity index (χ0) is 16.6. The SMILES string of the molecule is C[C@H]1C[C@H](C)CN(c2nc(N)c([N+](=O)[O-])c(N3CCCC3)n2)C1. The van der Waals surface area contributed by atoms with Gasteiger partial charge in [-0.3, -0.25) is 10.1 Å². The molecule has 8 nitrogen and oxygen atoms in total. The molecule has 3 rings (SSSR count). The van der Waals surface area contributed by atoms with Crippen molar-refractivity contribution in [3.8, 4) is 0 Å². The molecule has 0 saturated carbocycles. The van der Waals surface area contributed by atoms with E-state index >= 15 is 0 Å². The Morgan fingerprint density at radius 2 is 1.74 bits per heavy atom. The summed E-state index contributed by atoms with van der Waals surface area (Å²) in [6.07, 6.45) is 3.22. The molecule has 23 heavy (non-hydrogen) atoms. The number of anilines is 3. The fraction of sp³-hybridized carbons (Fsp3) is 0.733. The van der Waals surface area contributed by atoms with Crippen molar-refractivity contribution in [2.75, 3.05) is 41.7 Å². The van der Waals surface area contributed by atoms with E-state index in [-0.39, 0.29) is 11.5 Å². The van der Waals surface area contributed by atoms with Crippen LogP contribution in [0, 0.1) is 22.0 Å². The van der Waals surface area contributed by atoms with Gasteiger partial charge in [-0.25, -0.2) is 0 Å². The number of nitrogens with zero attached hydrogens (tertiary/aromatic N) is 5. The Hall–Kier alpha value is -2.12. The van der Waals surface area contributed by atoms with Crippen molar-refractivity contribution in [3.63, 3.8) is 0 Å². The number of nitro groups is 1. The van der Waals surface area contributed by atoms with Crippen LogP contribution in [0.15, 0.2) is 0 Å². The number of piperidine rings is 1. The molecule has 1 aromatic rings. The molecular formula is C15H24N6O2. The highest BCUT2D eigenvalue weighted by Gasteiger charge is 2.31. The Morgan fingerprint density at radius 3 is 2.30 bits per heavy atom. The molecule has 0 bridgehead atoms. The predicted octanol–water partition coefficient (Wildman–Crippen LogP) is 2.05. The van der Waals surface area contributed by atoms with Gasteiger partial charge in [0.05, 0.1) is 4.92 Å². The Bertz CT molecular complexity index is 592. The summed E-state index contributed by atoms with van der Waals surface area (Å²) in [5, 5.41) is 11.4. The standard InChI is InChI=1S/C15H24N6O2/c1-10-7-11(2)9-20(8-10)15-17-13(16)12(21(22)23)14(18-15)19-5-3-4-6-19/h10-11H,3-9H2,1-2H3,(H2,16,17,18)/t10-,11-/m0/s1.